The molecule has 0 saturated heterocycles. The highest BCUT2D eigenvalue weighted by atomic mass is 19.4. The van der Waals surface area contributed by atoms with Crippen LogP contribution in [0.1, 0.15) is 21.5 Å². The topological polar surface area (TPSA) is 106 Å². The molecule has 0 aliphatic rings. The number of para-hydroxylation sites is 1. The summed E-state index contributed by atoms with van der Waals surface area (Å²) in [6, 6.07) is 13.4. The number of primary amides is 1. The van der Waals surface area contributed by atoms with Gasteiger partial charge in [0.15, 0.2) is 0 Å². The summed E-state index contributed by atoms with van der Waals surface area (Å²) < 4.78 is 44.1. The van der Waals surface area contributed by atoms with Crippen LogP contribution in [0.25, 0.3) is 0 Å². The number of hydrogen-bond donors (Lipinski definition) is 3. The molecule has 31 heavy (non-hydrogen) atoms. The van der Waals surface area contributed by atoms with Crippen LogP contribution in [0.4, 0.5) is 23.7 Å². The Morgan fingerprint density at radius 2 is 1.81 bits per heavy atom. The lowest BCUT2D eigenvalue weighted by atomic mass is 10.2. The van der Waals surface area contributed by atoms with Crippen LogP contribution in [0.5, 0.6) is 11.6 Å². The Balaban J connectivity index is 1.63. The van der Waals surface area contributed by atoms with E-state index in [4.69, 9.17) is 10.5 Å². The van der Waals surface area contributed by atoms with E-state index in [1.54, 1.807) is 24.3 Å². The molecule has 3 rings (SSSR count). The summed E-state index contributed by atoms with van der Waals surface area (Å²) in [5, 5.41) is 4.93. The second-order valence-electron chi connectivity index (χ2n) is 6.35. The number of carbonyl (C=O) groups excluding carboxylic acids is 2. The van der Waals surface area contributed by atoms with Crippen LogP contribution in [-0.2, 0) is 12.7 Å². The molecule has 0 atom stereocenters. The first-order valence-electron chi connectivity index (χ1n) is 8.96. The molecule has 0 unspecified atom stereocenters. The number of aromatic nitrogens is 1. The van der Waals surface area contributed by atoms with E-state index >= 15 is 0 Å². The fourth-order valence-corrected chi connectivity index (χ4v) is 2.57. The van der Waals surface area contributed by atoms with Gasteiger partial charge in [0.2, 0.25) is 11.8 Å². The smallest absolute Gasteiger partial charge is 0.416 e. The van der Waals surface area contributed by atoms with Crippen LogP contribution in [0.3, 0.4) is 0 Å². The van der Waals surface area contributed by atoms with Crippen molar-refractivity contribution in [2.75, 3.05) is 5.32 Å². The van der Waals surface area contributed by atoms with Gasteiger partial charge in [0.25, 0.3) is 0 Å². The van der Waals surface area contributed by atoms with E-state index in [0.717, 1.165) is 12.1 Å². The number of ether oxygens (including phenoxy) is 1. The summed E-state index contributed by atoms with van der Waals surface area (Å²) in [7, 11) is 0. The molecule has 0 bridgehead atoms. The highest BCUT2D eigenvalue weighted by Gasteiger charge is 2.30. The van der Waals surface area contributed by atoms with E-state index in [1.807, 2.05) is 0 Å². The van der Waals surface area contributed by atoms with Crippen molar-refractivity contribution in [3.8, 4) is 11.6 Å². The van der Waals surface area contributed by atoms with Gasteiger partial charge in [-0.2, -0.15) is 13.2 Å². The van der Waals surface area contributed by atoms with Crippen molar-refractivity contribution >= 4 is 17.6 Å². The van der Waals surface area contributed by atoms with Crippen LogP contribution in [0, 0.1) is 0 Å². The van der Waals surface area contributed by atoms with Crippen LogP contribution < -0.4 is 21.1 Å². The molecule has 10 heteroatoms. The molecule has 4 N–H and O–H groups in total. The summed E-state index contributed by atoms with van der Waals surface area (Å²) in [4.78, 5) is 27.2. The monoisotopic (exact) mass is 430 g/mol. The van der Waals surface area contributed by atoms with E-state index in [-0.39, 0.29) is 23.7 Å². The first kappa shape index (κ1) is 21.6. The van der Waals surface area contributed by atoms with Gasteiger partial charge in [-0.3, -0.25) is 4.79 Å². The summed E-state index contributed by atoms with van der Waals surface area (Å²) >= 11 is 0. The molecule has 3 amide bonds. The van der Waals surface area contributed by atoms with Gasteiger partial charge in [0.1, 0.15) is 5.75 Å². The maximum Gasteiger partial charge on any atom is 0.416 e. The number of nitrogens with one attached hydrogen (secondary N) is 2. The summed E-state index contributed by atoms with van der Waals surface area (Å²) in [6.45, 7) is 0.0420. The van der Waals surface area contributed by atoms with Crippen molar-refractivity contribution in [1.29, 1.82) is 0 Å². The molecule has 0 aliphatic carbocycles. The third kappa shape index (κ3) is 5.95. The molecule has 3 aromatic rings. The highest BCUT2D eigenvalue weighted by molar-refractivity contribution is 5.92. The van der Waals surface area contributed by atoms with Gasteiger partial charge >= 0.3 is 12.2 Å². The number of pyridine rings is 1. The third-order valence-corrected chi connectivity index (χ3v) is 4.10. The lowest BCUT2D eigenvalue weighted by Crippen LogP contribution is -2.28. The Kier molecular flexibility index (Phi) is 6.39. The minimum Gasteiger partial charge on any atom is -0.439 e. The largest absolute Gasteiger partial charge is 0.439 e. The Bertz CT molecular complexity index is 1090. The number of halogens is 3. The minimum absolute atomic E-state index is 0.00982. The van der Waals surface area contributed by atoms with E-state index < -0.39 is 23.7 Å². The Labute approximate surface area is 175 Å². The molecule has 2 aromatic carbocycles. The van der Waals surface area contributed by atoms with E-state index in [2.05, 4.69) is 15.6 Å². The molecule has 1 heterocycles. The number of amides is 3. The van der Waals surface area contributed by atoms with Crippen molar-refractivity contribution in [2.24, 2.45) is 5.73 Å². The highest BCUT2D eigenvalue weighted by Crippen LogP contribution is 2.30. The zero-order valence-electron chi connectivity index (χ0n) is 15.9. The quantitative estimate of drug-likeness (QED) is 0.542. The Hall–Kier alpha value is -4.08. The number of nitrogens with zero attached hydrogens (tertiary/aromatic N) is 1. The maximum atomic E-state index is 12.8. The number of hydrogen-bond acceptors (Lipinski definition) is 4. The minimum atomic E-state index is -4.51. The number of benzene rings is 2. The van der Waals surface area contributed by atoms with Crippen molar-refractivity contribution in [3.05, 3.63) is 83.6 Å². The van der Waals surface area contributed by atoms with Gasteiger partial charge in [0, 0.05) is 30.1 Å². The van der Waals surface area contributed by atoms with Gasteiger partial charge < -0.3 is 21.1 Å². The Morgan fingerprint density at radius 1 is 1.03 bits per heavy atom. The van der Waals surface area contributed by atoms with Gasteiger partial charge in [-0.05, 0) is 30.3 Å². The number of nitrogens with two attached hydrogens (primary N) is 1. The average Bonchev–Trinajstić information content (AvgIpc) is 2.73. The van der Waals surface area contributed by atoms with Crippen LogP contribution in [0.2, 0.25) is 0 Å². The van der Waals surface area contributed by atoms with Gasteiger partial charge in [-0.1, -0.05) is 24.3 Å². The predicted molar refractivity (Wildman–Crippen MR) is 107 cm³/mol. The van der Waals surface area contributed by atoms with E-state index in [9.17, 15) is 22.8 Å². The molecule has 7 nitrogen and oxygen atoms in total. The van der Waals surface area contributed by atoms with Crippen molar-refractivity contribution < 1.29 is 27.5 Å². The van der Waals surface area contributed by atoms with Crippen molar-refractivity contribution in [3.63, 3.8) is 0 Å². The number of alkyl halides is 3. The van der Waals surface area contributed by atoms with Crippen LogP contribution >= 0.6 is 0 Å². The van der Waals surface area contributed by atoms with Gasteiger partial charge in [-0.15, -0.1) is 0 Å². The lowest BCUT2D eigenvalue weighted by molar-refractivity contribution is -0.137. The predicted octanol–water partition coefficient (Wildman–Crippen LogP) is 4.31. The number of rotatable bonds is 6. The molecule has 0 fully saturated rings. The normalized spacial score (nSPS) is 10.9. The van der Waals surface area contributed by atoms with Gasteiger partial charge in [0.05, 0.1) is 11.1 Å². The molecule has 0 aliphatic heterocycles. The zero-order valence-corrected chi connectivity index (χ0v) is 15.9. The molecule has 1 aromatic heterocycles. The summed E-state index contributed by atoms with van der Waals surface area (Å²) in [6.07, 6.45) is -3.23. The first-order chi connectivity index (χ1) is 14.7. The molecule has 0 radical (unpaired) electrons. The third-order valence-electron chi connectivity index (χ3n) is 4.10. The number of urea groups is 1. The first-order valence-corrected chi connectivity index (χ1v) is 8.96. The number of anilines is 1. The van der Waals surface area contributed by atoms with Crippen molar-refractivity contribution in [2.45, 2.75) is 12.7 Å². The lowest BCUT2D eigenvalue weighted by Gasteiger charge is -2.13. The second kappa shape index (κ2) is 9.16. The fraction of sp³-hybridized carbons (Fsp3) is 0.0952. The fourth-order valence-electron chi connectivity index (χ4n) is 2.57. The molecule has 160 valence electrons. The van der Waals surface area contributed by atoms with Crippen molar-refractivity contribution in [1.82, 2.24) is 10.3 Å². The summed E-state index contributed by atoms with van der Waals surface area (Å²) in [5.41, 5.74) is 5.15. The maximum absolute atomic E-state index is 12.8. The van der Waals surface area contributed by atoms with E-state index in [0.29, 0.717) is 11.3 Å². The van der Waals surface area contributed by atoms with Crippen LogP contribution in [0.15, 0.2) is 66.9 Å². The molecular weight excluding hydrogens is 413 g/mol. The number of carbonyl (C=O) groups is 2. The Morgan fingerprint density at radius 3 is 2.48 bits per heavy atom. The summed E-state index contributed by atoms with van der Waals surface area (Å²) in [5.74, 6) is 0.00231. The van der Waals surface area contributed by atoms with Crippen LogP contribution in [-0.4, -0.2) is 16.9 Å². The average molecular weight is 430 g/mol. The standard InChI is InChI=1S/C21H17F3N4O3/c22-21(23,24)15-5-3-6-16(10-15)28-20(30)27-11-13-4-1-2-7-17(13)31-18-9-8-14(12-26-18)19(25)29/h1-10,12H,11H2,(H2,25,29)(H2,27,28,30). The molecule has 0 saturated carbocycles. The second-order valence-corrected chi connectivity index (χ2v) is 6.35. The van der Waals surface area contributed by atoms with Gasteiger partial charge in [-0.25, -0.2) is 9.78 Å². The van der Waals surface area contributed by atoms with E-state index in [1.165, 1.54) is 30.5 Å². The zero-order chi connectivity index (χ0) is 22.4. The molecule has 0 spiro atoms. The molecular formula is C21H17F3N4O3. The SMILES string of the molecule is NC(=O)c1ccc(Oc2ccccc2CNC(=O)Nc2cccc(C(F)(F)F)c2)nc1.